The fraction of sp³-hybridized carbons (Fsp3) is 0.636. The Bertz CT molecular complexity index is 407. The molecule has 15 heavy (non-hydrogen) atoms. The third kappa shape index (κ3) is 1.54. The topological polar surface area (TPSA) is 55.1 Å². The van der Waals surface area contributed by atoms with Crippen LogP contribution in [0.2, 0.25) is 0 Å². The predicted octanol–water partition coefficient (Wildman–Crippen LogP) is 1.56. The minimum Gasteiger partial charge on any atom is -0.481 e. The number of fused-ring (bicyclic) bond motifs is 1. The zero-order chi connectivity index (χ0) is 11.2. The average Bonchev–Trinajstić information content (AvgIpc) is 2.42. The van der Waals surface area contributed by atoms with Crippen LogP contribution in [0.3, 0.4) is 0 Å². The van der Waals surface area contributed by atoms with E-state index in [-0.39, 0.29) is 5.41 Å². The number of hydrogen-bond acceptors (Lipinski definition) is 2. The van der Waals surface area contributed by atoms with E-state index in [1.165, 1.54) is 0 Å². The summed E-state index contributed by atoms with van der Waals surface area (Å²) >= 11 is 0. The lowest BCUT2D eigenvalue weighted by molar-refractivity contribution is -0.142. The Morgan fingerprint density at radius 2 is 2.33 bits per heavy atom. The Morgan fingerprint density at radius 3 is 2.93 bits per heavy atom. The van der Waals surface area contributed by atoms with Crippen molar-refractivity contribution < 1.29 is 9.90 Å². The Labute approximate surface area is 88.9 Å². The molecule has 0 spiro atoms. The normalized spacial score (nSPS) is 23.5. The molecule has 1 aromatic rings. The lowest BCUT2D eigenvalue weighted by Gasteiger charge is -2.35. The van der Waals surface area contributed by atoms with E-state index in [9.17, 15) is 9.90 Å². The molecule has 0 aliphatic heterocycles. The Morgan fingerprint density at radius 1 is 1.67 bits per heavy atom. The molecule has 0 radical (unpaired) electrons. The molecular formula is C11H16N2O2. The monoisotopic (exact) mass is 208 g/mol. The van der Waals surface area contributed by atoms with Gasteiger partial charge in [-0.05, 0) is 18.3 Å². The lowest BCUT2D eigenvalue weighted by Crippen LogP contribution is -2.33. The van der Waals surface area contributed by atoms with Crippen LogP contribution in [0.5, 0.6) is 0 Å². The van der Waals surface area contributed by atoms with Crippen LogP contribution in [0.1, 0.15) is 37.4 Å². The van der Waals surface area contributed by atoms with E-state index in [1.807, 2.05) is 27.1 Å². The number of nitrogens with zero attached hydrogens (tertiary/aromatic N) is 2. The molecule has 4 heteroatoms. The summed E-state index contributed by atoms with van der Waals surface area (Å²) in [6, 6.07) is 0. The van der Waals surface area contributed by atoms with Crippen molar-refractivity contribution in [3.63, 3.8) is 0 Å². The van der Waals surface area contributed by atoms with Crippen LogP contribution < -0.4 is 0 Å². The lowest BCUT2D eigenvalue weighted by atomic mass is 9.68. The minimum absolute atomic E-state index is 0.179. The first kappa shape index (κ1) is 10.2. The molecule has 0 fully saturated rings. The van der Waals surface area contributed by atoms with Crippen LogP contribution in [-0.4, -0.2) is 20.9 Å². The molecule has 1 N–H and O–H groups in total. The van der Waals surface area contributed by atoms with Crippen LogP contribution in [0, 0.1) is 5.41 Å². The third-order valence-electron chi connectivity index (χ3n) is 3.28. The Hall–Kier alpha value is -1.32. The molecule has 0 saturated carbocycles. The van der Waals surface area contributed by atoms with E-state index >= 15 is 0 Å². The number of rotatable bonds is 1. The maximum atomic E-state index is 11.3. The van der Waals surface area contributed by atoms with E-state index < -0.39 is 11.9 Å². The number of hydrogen-bond donors (Lipinski definition) is 1. The highest BCUT2D eigenvalue weighted by molar-refractivity contribution is 5.78. The maximum absolute atomic E-state index is 11.3. The number of aromatic nitrogens is 2. The molecule has 1 aliphatic rings. The minimum atomic E-state index is -0.742. The SMILES string of the molecule is Cn1cc2c(n1)CCC(C)(C)C2C(=O)O. The van der Waals surface area contributed by atoms with Crippen LogP contribution in [0.15, 0.2) is 6.20 Å². The zero-order valence-corrected chi connectivity index (χ0v) is 9.32. The first-order chi connectivity index (χ1) is 6.92. The van der Waals surface area contributed by atoms with E-state index in [2.05, 4.69) is 5.10 Å². The second-order valence-corrected chi connectivity index (χ2v) is 4.96. The van der Waals surface area contributed by atoms with Crippen molar-refractivity contribution in [2.45, 2.75) is 32.6 Å². The summed E-state index contributed by atoms with van der Waals surface area (Å²) in [7, 11) is 1.84. The number of aryl methyl sites for hydroxylation is 2. The second-order valence-electron chi connectivity index (χ2n) is 4.96. The van der Waals surface area contributed by atoms with Gasteiger partial charge in [0.2, 0.25) is 0 Å². The highest BCUT2D eigenvalue weighted by Crippen LogP contribution is 2.44. The van der Waals surface area contributed by atoms with Crippen LogP contribution >= 0.6 is 0 Å². The number of carboxylic acid groups (broad SMARTS) is 1. The molecule has 0 bridgehead atoms. The molecule has 1 unspecified atom stereocenters. The van der Waals surface area contributed by atoms with Crippen molar-refractivity contribution in [2.24, 2.45) is 12.5 Å². The van der Waals surface area contributed by atoms with Crippen molar-refractivity contribution in [3.05, 3.63) is 17.5 Å². The van der Waals surface area contributed by atoms with Gasteiger partial charge >= 0.3 is 5.97 Å². The van der Waals surface area contributed by atoms with Crippen molar-refractivity contribution in [3.8, 4) is 0 Å². The maximum Gasteiger partial charge on any atom is 0.311 e. The molecule has 2 rings (SSSR count). The van der Waals surface area contributed by atoms with Gasteiger partial charge in [-0.2, -0.15) is 5.10 Å². The number of carboxylic acids is 1. The van der Waals surface area contributed by atoms with Gasteiger partial charge in [0.05, 0.1) is 11.6 Å². The average molecular weight is 208 g/mol. The Kier molecular flexibility index (Phi) is 2.10. The molecule has 4 nitrogen and oxygen atoms in total. The standard InChI is InChI=1S/C11H16N2O2/c1-11(2)5-4-8-7(6-13(3)12-8)9(11)10(14)15/h6,9H,4-5H2,1-3H3,(H,14,15). The zero-order valence-electron chi connectivity index (χ0n) is 9.32. The van der Waals surface area contributed by atoms with Gasteiger partial charge in [-0.15, -0.1) is 0 Å². The molecule has 1 aliphatic carbocycles. The van der Waals surface area contributed by atoms with E-state index in [4.69, 9.17) is 0 Å². The summed E-state index contributed by atoms with van der Waals surface area (Å²) in [5.74, 6) is -1.16. The van der Waals surface area contributed by atoms with Crippen LogP contribution in [-0.2, 0) is 18.3 Å². The summed E-state index contributed by atoms with van der Waals surface area (Å²) in [6.07, 6.45) is 3.61. The molecule has 82 valence electrons. The highest BCUT2D eigenvalue weighted by atomic mass is 16.4. The molecule has 1 aromatic heterocycles. The summed E-state index contributed by atoms with van der Waals surface area (Å²) < 4.78 is 1.71. The van der Waals surface area contributed by atoms with Crippen molar-refractivity contribution in [1.82, 2.24) is 9.78 Å². The summed E-state index contributed by atoms with van der Waals surface area (Å²) in [6.45, 7) is 4.03. The van der Waals surface area contributed by atoms with E-state index in [0.717, 1.165) is 24.1 Å². The van der Waals surface area contributed by atoms with Crippen molar-refractivity contribution >= 4 is 5.97 Å². The van der Waals surface area contributed by atoms with E-state index in [1.54, 1.807) is 4.68 Å². The van der Waals surface area contributed by atoms with Gasteiger partial charge in [0.15, 0.2) is 0 Å². The Balaban J connectivity index is 2.52. The summed E-state index contributed by atoms with van der Waals surface area (Å²) in [5.41, 5.74) is 1.66. The van der Waals surface area contributed by atoms with Gasteiger partial charge in [-0.1, -0.05) is 13.8 Å². The smallest absolute Gasteiger partial charge is 0.311 e. The number of carbonyl (C=O) groups is 1. The summed E-state index contributed by atoms with van der Waals surface area (Å²) in [4.78, 5) is 11.3. The summed E-state index contributed by atoms with van der Waals surface area (Å²) in [5, 5.41) is 13.6. The molecular weight excluding hydrogens is 192 g/mol. The second kappa shape index (κ2) is 3.08. The molecule has 1 atom stereocenters. The first-order valence-corrected chi connectivity index (χ1v) is 5.17. The fourth-order valence-corrected chi connectivity index (χ4v) is 2.46. The predicted molar refractivity (Wildman–Crippen MR) is 55.7 cm³/mol. The van der Waals surface area contributed by atoms with Gasteiger partial charge in [0, 0.05) is 18.8 Å². The van der Waals surface area contributed by atoms with Gasteiger partial charge in [0.25, 0.3) is 0 Å². The van der Waals surface area contributed by atoms with Crippen molar-refractivity contribution in [1.29, 1.82) is 0 Å². The quantitative estimate of drug-likeness (QED) is 0.762. The highest BCUT2D eigenvalue weighted by Gasteiger charge is 2.42. The third-order valence-corrected chi connectivity index (χ3v) is 3.28. The first-order valence-electron chi connectivity index (χ1n) is 5.17. The largest absolute Gasteiger partial charge is 0.481 e. The molecule has 0 saturated heterocycles. The van der Waals surface area contributed by atoms with Gasteiger partial charge in [-0.25, -0.2) is 0 Å². The van der Waals surface area contributed by atoms with Gasteiger partial charge in [-0.3, -0.25) is 9.48 Å². The molecule has 0 aromatic carbocycles. The van der Waals surface area contributed by atoms with Gasteiger partial charge < -0.3 is 5.11 Å². The van der Waals surface area contributed by atoms with Gasteiger partial charge in [0.1, 0.15) is 0 Å². The molecule has 0 amide bonds. The fourth-order valence-electron chi connectivity index (χ4n) is 2.46. The molecule has 1 heterocycles. The van der Waals surface area contributed by atoms with E-state index in [0.29, 0.717) is 0 Å². The van der Waals surface area contributed by atoms with Crippen molar-refractivity contribution in [2.75, 3.05) is 0 Å². The number of aliphatic carboxylic acids is 1. The van der Waals surface area contributed by atoms with Crippen LogP contribution in [0.4, 0.5) is 0 Å². The van der Waals surface area contributed by atoms with Crippen LogP contribution in [0.25, 0.3) is 0 Å².